The van der Waals surface area contributed by atoms with Gasteiger partial charge in [-0.3, -0.25) is 4.79 Å². The lowest BCUT2D eigenvalue weighted by molar-refractivity contribution is -0.189. The van der Waals surface area contributed by atoms with Crippen molar-refractivity contribution in [3.8, 4) is 22.9 Å². The Morgan fingerprint density at radius 1 is 1.25 bits per heavy atom. The molecule has 0 unspecified atom stereocenters. The maximum absolute atomic E-state index is 15.2. The van der Waals surface area contributed by atoms with Crippen LogP contribution in [-0.4, -0.2) is 40.4 Å². The lowest BCUT2D eigenvalue weighted by atomic mass is 10.0. The minimum Gasteiger partial charge on any atom is -0.481 e. The van der Waals surface area contributed by atoms with Crippen molar-refractivity contribution in [3.05, 3.63) is 63.7 Å². The van der Waals surface area contributed by atoms with E-state index in [1.807, 2.05) is 0 Å². The number of aryl methyl sites for hydroxylation is 1. The van der Waals surface area contributed by atoms with Crippen molar-refractivity contribution in [2.75, 3.05) is 12.4 Å². The number of aliphatic hydroxyl groups excluding tert-OH is 1. The van der Waals surface area contributed by atoms with E-state index in [1.54, 1.807) is 13.8 Å². The lowest BCUT2D eigenvalue weighted by Gasteiger charge is -2.21. The predicted octanol–water partition coefficient (Wildman–Crippen LogP) is 5.64. The van der Waals surface area contributed by atoms with Gasteiger partial charge in [0.05, 0.1) is 41.4 Å². The quantitative estimate of drug-likeness (QED) is 0.386. The number of amides is 1. The molecule has 3 rings (SSSR count). The minimum absolute atomic E-state index is 0.0250. The first-order chi connectivity index (χ1) is 16.9. The van der Waals surface area contributed by atoms with Crippen molar-refractivity contribution in [2.24, 2.45) is 0 Å². The Hall–Kier alpha value is -3.44. The summed E-state index contributed by atoms with van der Waals surface area (Å²) in [4.78, 5) is 21.3. The molecule has 36 heavy (non-hydrogen) atoms. The SMILES string of the molecule is COc1ncc(C)c(NC(=O)c2cc(F)c(-c3ccc(Cl)c(CO)n3)cc2O[C@@H](C)C(F)(F)F)c1C. The van der Waals surface area contributed by atoms with E-state index in [2.05, 4.69) is 15.3 Å². The third-order valence-corrected chi connectivity index (χ3v) is 5.66. The van der Waals surface area contributed by atoms with Crippen LogP contribution in [0.5, 0.6) is 11.6 Å². The zero-order chi connectivity index (χ0) is 26.8. The maximum Gasteiger partial charge on any atom is 0.425 e. The number of aromatic nitrogens is 2. The second kappa shape index (κ2) is 10.7. The summed E-state index contributed by atoms with van der Waals surface area (Å²) >= 11 is 5.93. The molecule has 2 aromatic heterocycles. The highest BCUT2D eigenvalue weighted by Gasteiger charge is 2.39. The number of rotatable bonds is 7. The van der Waals surface area contributed by atoms with Crippen LogP contribution in [0, 0.1) is 19.7 Å². The number of ether oxygens (including phenoxy) is 2. The molecule has 0 aliphatic heterocycles. The van der Waals surface area contributed by atoms with Gasteiger partial charge in [0.25, 0.3) is 5.91 Å². The number of carbonyl (C=O) groups excluding carboxylic acids is 1. The molecule has 1 amide bonds. The summed E-state index contributed by atoms with van der Waals surface area (Å²) in [5, 5.41) is 12.1. The van der Waals surface area contributed by atoms with Gasteiger partial charge in [-0.05, 0) is 50.6 Å². The molecule has 0 saturated heterocycles. The van der Waals surface area contributed by atoms with Gasteiger partial charge in [-0.1, -0.05) is 11.6 Å². The first kappa shape index (κ1) is 27.2. The van der Waals surface area contributed by atoms with Crippen molar-refractivity contribution in [1.29, 1.82) is 0 Å². The van der Waals surface area contributed by atoms with Gasteiger partial charge in [-0.25, -0.2) is 14.4 Å². The Morgan fingerprint density at radius 3 is 2.56 bits per heavy atom. The molecule has 2 N–H and O–H groups in total. The molecule has 0 aliphatic carbocycles. The third-order valence-electron chi connectivity index (χ3n) is 5.32. The number of methoxy groups -OCH3 is 1. The van der Waals surface area contributed by atoms with E-state index in [0.717, 1.165) is 19.1 Å². The molecule has 0 aliphatic rings. The second-order valence-electron chi connectivity index (χ2n) is 7.82. The van der Waals surface area contributed by atoms with Gasteiger partial charge in [0.2, 0.25) is 5.88 Å². The average Bonchev–Trinajstić information content (AvgIpc) is 2.82. The molecule has 1 atom stereocenters. The van der Waals surface area contributed by atoms with Crippen molar-refractivity contribution >= 4 is 23.2 Å². The molecular formula is C24H22ClF4N3O4. The van der Waals surface area contributed by atoms with E-state index < -0.39 is 41.9 Å². The monoisotopic (exact) mass is 527 g/mol. The van der Waals surface area contributed by atoms with Crippen LogP contribution in [0.2, 0.25) is 5.02 Å². The fourth-order valence-electron chi connectivity index (χ4n) is 3.33. The van der Waals surface area contributed by atoms with E-state index in [4.69, 9.17) is 21.1 Å². The smallest absolute Gasteiger partial charge is 0.425 e. The number of benzene rings is 1. The Bertz CT molecular complexity index is 1300. The summed E-state index contributed by atoms with van der Waals surface area (Å²) < 4.78 is 65.2. The molecule has 1 aromatic carbocycles. The maximum atomic E-state index is 15.2. The van der Waals surface area contributed by atoms with E-state index in [9.17, 15) is 23.1 Å². The Morgan fingerprint density at radius 2 is 1.94 bits per heavy atom. The normalized spacial score (nSPS) is 12.3. The molecule has 12 heteroatoms. The van der Waals surface area contributed by atoms with Crippen molar-refractivity contribution in [2.45, 2.75) is 39.7 Å². The van der Waals surface area contributed by atoms with Crippen molar-refractivity contribution in [3.63, 3.8) is 0 Å². The van der Waals surface area contributed by atoms with Gasteiger partial charge in [-0.15, -0.1) is 0 Å². The number of hydrogen-bond donors (Lipinski definition) is 2. The largest absolute Gasteiger partial charge is 0.481 e. The van der Waals surface area contributed by atoms with Crippen molar-refractivity contribution in [1.82, 2.24) is 9.97 Å². The number of hydrogen-bond acceptors (Lipinski definition) is 6. The molecular weight excluding hydrogens is 506 g/mol. The number of halogens is 5. The second-order valence-corrected chi connectivity index (χ2v) is 8.22. The summed E-state index contributed by atoms with van der Waals surface area (Å²) in [6.07, 6.45) is -5.62. The van der Waals surface area contributed by atoms with Gasteiger partial charge >= 0.3 is 6.18 Å². The average molecular weight is 528 g/mol. The molecule has 0 spiro atoms. The highest BCUT2D eigenvalue weighted by atomic mass is 35.5. The van der Waals surface area contributed by atoms with Crippen LogP contribution in [0.4, 0.5) is 23.2 Å². The Balaban J connectivity index is 2.12. The third kappa shape index (κ3) is 5.68. The van der Waals surface area contributed by atoms with Crippen molar-refractivity contribution < 1.29 is 36.9 Å². The fourth-order valence-corrected chi connectivity index (χ4v) is 3.49. The minimum atomic E-state index is -4.75. The first-order valence-corrected chi connectivity index (χ1v) is 10.9. The number of alkyl halides is 3. The number of pyridine rings is 2. The molecule has 0 saturated carbocycles. The summed E-state index contributed by atoms with van der Waals surface area (Å²) in [5.74, 6) is -2.16. The molecule has 7 nitrogen and oxygen atoms in total. The molecule has 0 bridgehead atoms. The highest BCUT2D eigenvalue weighted by molar-refractivity contribution is 6.31. The zero-order valence-corrected chi connectivity index (χ0v) is 20.4. The number of carbonyl (C=O) groups is 1. The van der Waals surface area contributed by atoms with Crippen LogP contribution in [-0.2, 0) is 6.61 Å². The van der Waals surface area contributed by atoms with E-state index >= 15 is 4.39 Å². The highest BCUT2D eigenvalue weighted by Crippen LogP contribution is 2.35. The van der Waals surface area contributed by atoms with Gasteiger partial charge in [-0.2, -0.15) is 13.2 Å². The predicted molar refractivity (Wildman–Crippen MR) is 125 cm³/mol. The standard InChI is InChI=1S/C24H22ClF4N3O4/c1-11-9-30-23(35-4)12(2)21(11)32-22(34)15-7-17(26)14(8-20(15)36-13(3)24(27,28)29)18-6-5-16(25)19(10-33)31-18/h5-9,13,33H,10H2,1-4H3,(H,30,32,34)/t13-/m0/s1. The number of nitrogens with one attached hydrogen (secondary N) is 1. The molecule has 0 fully saturated rings. The number of anilines is 1. The van der Waals surface area contributed by atoms with Crippen LogP contribution in [0.1, 0.15) is 34.1 Å². The van der Waals surface area contributed by atoms with E-state index in [0.29, 0.717) is 16.8 Å². The van der Waals surface area contributed by atoms with E-state index in [-0.39, 0.29) is 27.9 Å². The molecule has 192 valence electrons. The van der Waals surface area contributed by atoms with Gasteiger partial charge in [0.15, 0.2) is 6.10 Å². The number of nitrogens with zero attached hydrogens (tertiary/aromatic N) is 2. The van der Waals surface area contributed by atoms with Gasteiger partial charge < -0.3 is 19.9 Å². The molecule has 0 radical (unpaired) electrons. The molecule has 2 heterocycles. The summed E-state index contributed by atoms with van der Waals surface area (Å²) in [6, 6.07) is 4.40. The van der Waals surface area contributed by atoms with Crippen LogP contribution in [0.3, 0.4) is 0 Å². The first-order valence-electron chi connectivity index (χ1n) is 10.5. The Labute approximate surface area is 209 Å². The Kier molecular flexibility index (Phi) is 8.05. The lowest BCUT2D eigenvalue weighted by Crippen LogP contribution is -2.32. The summed E-state index contributed by atoms with van der Waals surface area (Å²) in [5.41, 5.74) is 0.612. The van der Waals surface area contributed by atoms with E-state index in [1.165, 1.54) is 25.4 Å². The molecule has 3 aromatic rings. The topological polar surface area (TPSA) is 93.6 Å². The van der Waals surface area contributed by atoms with Crippen LogP contribution < -0.4 is 14.8 Å². The van der Waals surface area contributed by atoms with Gasteiger partial charge in [0, 0.05) is 17.3 Å². The summed E-state index contributed by atoms with van der Waals surface area (Å²) in [7, 11) is 1.39. The zero-order valence-electron chi connectivity index (χ0n) is 19.6. The van der Waals surface area contributed by atoms with Crippen LogP contribution >= 0.6 is 11.6 Å². The van der Waals surface area contributed by atoms with Gasteiger partial charge in [0.1, 0.15) is 11.6 Å². The van der Waals surface area contributed by atoms with Crippen LogP contribution in [0.25, 0.3) is 11.3 Å². The van der Waals surface area contributed by atoms with Crippen LogP contribution in [0.15, 0.2) is 30.5 Å². The number of aliphatic hydroxyl groups is 1. The fraction of sp³-hybridized carbons (Fsp3) is 0.292. The summed E-state index contributed by atoms with van der Waals surface area (Å²) in [6.45, 7) is 3.51.